The minimum atomic E-state index is -1.47. The number of carbonyl (C=O) groups is 1. The van der Waals surface area contributed by atoms with Crippen LogP contribution in [0.3, 0.4) is 0 Å². The topological polar surface area (TPSA) is 69.6 Å². The number of aliphatic hydroxyl groups is 1. The number of hydrogen-bond donors (Lipinski definition) is 3. The summed E-state index contributed by atoms with van der Waals surface area (Å²) in [4.78, 5) is 10.7. The maximum Gasteiger partial charge on any atom is 0.339 e. The van der Waals surface area contributed by atoms with Gasteiger partial charge in [0.1, 0.15) is 11.7 Å². The Bertz CT molecular complexity index is 456. The number of rotatable bonds is 1. The molecule has 5 heteroatoms. The van der Waals surface area contributed by atoms with Gasteiger partial charge in [0.15, 0.2) is 0 Å². The Kier molecular flexibility index (Phi) is 2.17. The SMILES string of the molecule is O=C(O)C1=C(F)Nc2ccccc2C1O. The Morgan fingerprint density at radius 2 is 2.07 bits per heavy atom. The van der Waals surface area contributed by atoms with E-state index in [1.54, 1.807) is 24.3 Å². The highest BCUT2D eigenvalue weighted by molar-refractivity contribution is 5.91. The minimum Gasteiger partial charge on any atom is -0.478 e. The summed E-state index contributed by atoms with van der Waals surface area (Å²) >= 11 is 0. The Morgan fingerprint density at radius 3 is 2.73 bits per heavy atom. The van der Waals surface area contributed by atoms with Crippen molar-refractivity contribution in [1.29, 1.82) is 0 Å². The van der Waals surface area contributed by atoms with Gasteiger partial charge in [0.2, 0.25) is 5.95 Å². The van der Waals surface area contributed by atoms with Crippen LogP contribution in [0.1, 0.15) is 11.7 Å². The third-order valence-electron chi connectivity index (χ3n) is 2.24. The number of anilines is 1. The molecule has 0 radical (unpaired) electrons. The summed E-state index contributed by atoms with van der Waals surface area (Å²) in [6.07, 6.45) is -1.43. The van der Waals surface area contributed by atoms with Crippen molar-refractivity contribution in [2.75, 3.05) is 5.32 Å². The van der Waals surface area contributed by atoms with Crippen LogP contribution in [-0.2, 0) is 4.79 Å². The number of carboxylic acid groups (broad SMARTS) is 1. The zero-order valence-electron chi connectivity index (χ0n) is 7.57. The Labute approximate surface area is 84.7 Å². The van der Waals surface area contributed by atoms with Crippen LogP contribution in [0.2, 0.25) is 0 Å². The van der Waals surface area contributed by atoms with Crippen LogP contribution in [0.4, 0.5) is 10.1 Å². The summed E-state index contributed by atoms with van der Waals surface area (Å²) in [5.41, 5.74) is 0.0810. The molecule has 4 nitrogen and oxygen atoms in total. The fourth-order valence-electron chi connectivity index (χ4n) is 1.52. The summed E-state index contributed by atoms with van der Waals surface area (Å²) in [5, 5.41) is 20.6. The second-order valence-corrected chi connectivity index (χ2v) is 3.15. The van der Waals surface area contributed by atoms with Gasteiger partial charge in [-0.05, 0) is 6.07 Å². The van der Waals surface area contributed by atoms with Crippen LogP contribution in [-0.4, -0.2) is 16.2 Å². The first-order valence-electron chi connectivity index (χ1n) is 4.28. The van der Waals surface area contributed by atoms with Gasteiger partial charge in [0.05, 0.1) is 0 Å². The Morgan fingerprint density at radius 1 is 1.40 bits per heavy atom. The molecule has 0 saturated carbocycles. The zero-order chi connectivity index (χ0) is 11.0. The largest absolute Gasteiger partial charge is 0.478 e. The lowest BCUT2D eigenvalue weighted by atomic mass is 9.97. The van der Waals surface area contributed by atoms with E-state index in [-0.39, 0.29) is 0 Å². The van der Waals surface area contributed by atoms with E-state index >= 15 is 0 Å². The molecule has 0 saturated heterocycles. The summed E-state index contributed by atoms with van der Waals surface area (Å²) in [7, 11) is 0. The summed E-state index contributed by atoms with van der Waals surface area (Å²) in [6.45, 7) is 0. The molecule has 0 fully saturated rings. The maximum absolute atomic E-state index is 13.3. The van der Waals surface area contributed by atoms with E-state index in [4.69, 9.17) is 5.11 Å². The zero-order valence-corrected chi connectivity index (χ0v) is 7.57. The van der Waals surface area contributed by atoms with Crippen LogP contribution in [0.25, 0.3) is 0 Å². The second-order valence-electron chi connectivity index (χ2n) is 3.15. The fraction of sp³-hybridized carbons (Fsp3) is 0.100. The predicted octanol–water partition coefficient (Wildman–Crippen LogP) is 1.41. The average Bonchev–Trinajstić information content (AvgIpc) is 2.17. The van der Waals surface area contributed by atoms with E-state index in [9.17, 15) is 14.3 Å². The smallest absolute Gasteiger partial charge is 0.339 e. The van der Waals surface area contributed by atoms with Gasteiger partial charge in [-0.2, -0.15) is 4.39 Å². The molecular weight excluding hydrogens is 201 g/mol. The van der Waals surface area contributed by atoms with Crippen molar-refractivity contribution in [2.24, 2.45) is 0 Å². The van der Waals surface area contributed by atoms with Crippen LogP contribution in [0.5, 0.6) is 0 Å². The standard InChI is InChI=1S/C10H8FNO3/c11-9-7(10(14)15)8(13)5-3-1-2-4-6(5)12-9/h1-4,8,12-13H,(H,14,15). The fourth-order valence-corrected chi connectivity index (χ4v) is 1.52. The number of fused-ring (bicyclic) bond motifs is 1. The van der Waals surface area contributed by atoms with Crippen molar-refractivity contribution in [3.05, 3.63) is 41.4 Å². The van der Waals surface area contributed by atoms with Crippen molar-refractivity contribution in [2.45, 2.75) is 6.10 Å². The van der Waals surface area contributed by atoms with Gasteiger partial charge in [0, 0.05) is 11.3 Å². The first-order valence-corrected chi connectivity index (χ1v) is 4.28. The second kappa shape index (κ2) is 3.36. The summed E-state index contributed by atoms with van der Waals surface area (Å²) in [5.74, 6) is -2.49. The number of benzene rings is 1. The molecule has 0 amide bonds. The Hall–Kier alpha value is -1.88. The summed E-state index contributed by atoms with van der Waals surface area (Å²) in [6, 6.07) is 6.42. The lowest BCUT2D eigenvalue weighted by molar-refractivity contribution is -0.134. The van der Waals surface area contributed by atoms with Gasteiger partial charge in [-0.15, -0.1) is 0 Å². The van der Waals surface area contributed by atoms with Gasteiger partial charge in [-0.25, -0.2) is 4.79 Å². The van der Waals surface area contributed by atoms with Crippen molar-refractivity contribution >= 4 is 11.7 Å². The molecule has 1 aromatic carbocycles. The van der Waals surface area contributed by atoms with E-state index in [1.807, 2.05) is 0 Å². The van der Waals surface area contributed by atoms with Crippen LogP contribution in [0.15, 0.2) is 35.8 Å². The van der Waals surface area contributed by atoms with E-state index in [2.05, 4.69) is 5.32 Å². The molecule has 0 bridgehead atoms. The average molecular weight is 209 g/mol. The molecule has 2 rings (SSSR count). The van der Waals surface area contributed by atoms with Crippen LogP contribution in [0, 0.1) is 0 Å². The van der Waals surface area contributed by atoms with Crippen molar-refractivity contribution < 1.29 is 19.4 Å². The number of aliphatic hydroxyl groups excluding tert-OH is 1. The molecule has 0 aromatic heterocycles. The van der Waals surface area contributed by atoms with Crippen molar-refractivity contribution in [1.82, 2.24) is 0 Å². The molecule has 0 aliphatic carbocycles. The molecule has 1 aliphatic rings. The predicted molar refractivity (Wildman–Crippen MR) is 50.8 cm³/mol. The first-order chi connectivity index (χ1) is 7.11. The summed E-state index contributed by atoms with van der Waals surface area (Å²) < 4.78 is 13.3. The van der Waals surface area contributed by atoms with Gasteiger partial charge >= 0.3 is 5.97 Å². The third-order valence-corrected chi connectivity index (χ3v) is 2.24. The number of carboxylic acids is 1. The van der Waals surface area contributed by atoms with Crippen LogP contribution < -0.4 is 5.32 Å². The van der Waals surface area contributed by atoms with Gasteiger partial charge in [-0.1, -0.05) is 18.2 Å². The Balaban J connectivity index is 2.53. The number of halogens is 1. The van der Waals surface area contributed by atoms with E-state index < -0.39 is 23.6 Å². The van der Waals surface area contributed by atoms with E-state index in [0.29, 0.717) is 11.3 Å². The number of para-hydroxylation sites is 1. The molecule has 1 aromatic rings. The highest BCUT2D eigenvalue weighted by Crippen LogP contribution is 2.35. The number of hydrogen-bond acceptors (Lipinski definition) is 3. The normalized spacial score (nSPS) is 19.5. The first kappa shape index (κ1) is 9.67. The van der Waals surface area contributed by atoms with Crippen LogP contribution >= 0.6 is 0 Å². The lowest BCUT2D eigenvalue weighted by Crippen LogP contribution is -2.20. The molecular formula is C10H8FNO3. The minimum absolute atomic E-state index is 0.358. The number of aliphatic carboxylic acids is 1. The number of nitrogens with one attached hydrogen (secondary N) is 1. The highest BCUT2D eigenvalue weighted by atomic mass is 19.1. The molecule has 1 unspecified atom stereocenters. The van der Waals surface area contributed by atoms with Crippen molar-refractivity contribution in [3.8, 4) is 0 Å². The molecule has 1 atom stereocenters. The highest BCUT2D eigenvalue weighted by Gasteiger charge is 2.30. The van der Waals surface area contributed by atoms with Gasteiger partial charge in [0.25, 0.3) is 0 Å². The molecule has 1 heterocycles. The van der Waals surface area contributed by atoms with Gasteiger partial charge in [-0.3, -0.25) is 0 Å². The third kappa shape index (κ3) is 1.46. The van der Waals surface area contributed by atoms with E-state index in [1.165, 1.54) is 0 Å². The quantitative estimate of drug-likeness (QED) is 0.611. The maximum atomic E-state index is 13.3. The molecule has 3 N–H and O–H groups in total. The molecule has 15 heavy (non-hydrogen) atoms. The molecule has 0 spiro atoms. The molecule has 1 aliphatic heterocycles. The molecule has 78 valence electrons. The van der Waals surface area contributed by atoms with Crippen molar-refractivity contribution in [3.63, 3.8) is 0 Å². The van der Waals surface area contributed by atoms with E-state index in [0.717, 1.165) is 0 Å². The van der Waals surface area contributed by atoms with Gasteiger partial charge < -0.3 is 15.5 Å². The monoisotopic (exact) mass is 209 g/mol. The lowest BCUT2D eigenvalue weighted by Gasteiger charge is -2.22.